The zero-order valence-corrected chi connectivity index (χ0v) is 26.8. The van der Waals surface area contributed by atoms with Crippen molar-refractivity contribution in [3.8, 4) is 0 Å². The molecular weight excluding hydrogens is 558 g/mol. The lowest BCUT2D eigenvalue weighted by atomic mass is 10.0. The van der Waals surface area contributed by atoms with Crippen molar-refractivity contribution in [2.45, 2.75) is 79.8 Å². The predicted octanol–water partition coefficient (Wildman–Crippen LogP) is 7.11. The lowest BCUT2D eigenvalue weighted by Gasteiger charge is -2.20. The van der Waals surface area contributed by atoms with Crippen LogP contribution in [0.2, 0.25) is 0 Å². The number of halogens is 2. The predicted molar refractivity (Wildman–Crippen MR) is 167 cm³/mol. The van der Waals surface area contributed by atoms with Crippen LogP contribution in [0, 0.1) is 12.8 Å². The number of amides is 2. The van der Waals surface area contributed by atoms with E-state index in [2.05, 4.69) is 26.2 Å². The van der Waals surface area contributed by atoms with Gasteiger partial charge < -0.3 is 20.2 Å². The van der Waals surface area contributed by atoms with Gasteiger partial charge in [0.05, 0.1) is 12.8 Å². The Labute approximate surface area is 254 Å². The molecule has 0 radical (unpaired) electrons. The van der Waals surface area contributed by atoms with E-state index in [1.807, 2.05) is 84.9 Å². The van der Waals surface area contributed by atoms with Gasteiger partial charge in [-0.3, -0.25) is 14.9 Å². The third-order valence-corrected chi connectivity index (χ3v) is 5.93. The van der Waals surface area contributed by atoms with Gasteiger partial charge in [0, 0.05) is 30.4 Å². The molecule has 0 aliphatic heterocycles. The van der Waals surface area contributed by atoms with Crippen LogP contribution in [0.25, 0.3) is 5.70 Å². The molecule has 2 aromatic rings. The van der Waals surface area contributed by atoms with Crippen molar-refractivity contribution in [3.05, 3.63) is 70.9 Å². The van der Waals surface area contributed by atoms with Gasteiger partial charge in [0.2, 0.25) is 6.41 Å². The fourth-order valence-electron chi connectivity index (χ4n) is 3.78. The van der Waals surface area contributed by atoms with Gasteiger partial charge in [0.15, 0.2) is 0 Å². The molecule has 43 heavy (non-hydrogen) atoms. The van der Waals surface area contributed by atoms with E-state index in [4.69, 9.17) is 4.74 Å². The molecule has 1 aliphatic carbocycles. The minimum absolute atomic E-state index is 0.348. The summed E-state index contributed by atoms with van der Waals surface area (Å²) in [5.74, 6) is -4.75. The highest BCUT2D eigenvalue weighted by molar-refractivity contribution is 5.78. The number of rotatable bonds is 11. The van der Waals surface area contributed by atoms with Gasteiger partial charge in [0.25, 0.3) is 5.92 Å². The average Bonchev–Trinajstić information content (AvgIpc) is 3.66. The van der Waals surface area contributed by atoms with Gasteiger partial charge in [-0.05, 0) is 43.5 Å². The number of esters is 1. The number of benzene rings is 2. The molecule has 1 fully saturated rings. The van der Waals surface area contributed by atoms with Gasteiger partial charge in [-0.15, -0.1) is 0 Å². The molecule has 0 bridgehead atoms. The van der Waals surface area contributed by atoms with Gasteiger partial charge >= 0.3 is 12.1 Å². The first-order valence-electron chi connectivity index (χ1n) is 14.5. The molecule has 9 nitrogen and oxygen atoms in total. The normalized spacial score (nSPS) is 15.1. The number of anilines is 1. The molecular formula is C32H48F2N4O5. The number of hydrogen-bond acceptors (Lipinski definition) is 7. The number of aryl methyl sites for hydroxylation is 1. The van der Waals surface area contributed by atoms with Crippen molar-refractivity contribution in [1.82, 2.24) is 16.2 Å². The van der Waals surface area contributed by atoms with Crippen LogP contribution in [0.3, 0.4) is 0 Å². The molecule has 2 atom stereocenters. The molecule has 2 amide bonds. The lowest BCUT2D eigenvalue weighted by Crippen LogP contribution is -2.32. The summed E-state index contributed by atoms with van der Waals surface area (Å²) >= 11 is 0. The van der Waals surface area contributed by atoms with Crippen LogP contribution in [0.15, 0.2) is 54.2 Å². The molecule has 3 rings (SSSR count). The summed E-state index contributed by atoms with van der Waals surface area (Å²) in [6.45, 7) is 13.9. The number of carbonyl (C=O) groups excluding carboxylic acids is 3. The van der Waals surface area contributed by atoms with Gasteiger partial charge in [-0.25, -0.2) is 19.0 Å². The second kappa shape index (κ2) is 20.8. The van der Waals surface area contributed by atoms with E-state index < -0.39 is 23.9 Å². The van der Waals surface area contributed by atoms with Crippen LogP contribution < -0.4 is 21.5 Å². The van der Waals surface area contributed by atoms with Crippen molar-refractivity contribution in [2.24, 2.45) is 5.92 Å². The van der Waals surface area contributed by atoms with Gasteiger partial charge in [-0.2, -0.15) is 0 Å². The highest BCUT2D eigenvalue weighted by Crippen LogP contribution is 2.49. The molecule has 0 heterocycles. The Kier molecular flexibility index (Phi) is 18.9. The molecule has 1 aliphatic rings. The number of ether oxygens (including phenoxy) is 2. The number of methoxy groups -OCH3 is 1. The number of allylic oxidation sites excluding steroid dienone is 1. The van der Waals surface area contributed by atoms with Crippen molar-refractivity contribution in [2.75, 3.05) is 19.5 Å². The van der Waals surface area contributed by atoms with E-state index in [1.54, 1.807) is 19.2 Å². The highest BCUT2D eigenvalue weighted by Gasteiger charge is 2.62. The minimum Gasteiger partial charge on any atom is -0.469 e. The van der Waals surface area contributed by atoms with Crippen LogP contribution in [0.4, 0.5) is 19.3 Å². The van der Waals surface area contributed by atoms with E-state index >= 15 is 0 Å². The fraction of sp³-hybridized carbons (Fsp3) is 0.469. The Morgan fingerprint density at radius 2 is 1.65 bits per heavy atom. The Bertz CT molecular complexity index is 1160. The highest BCUT2D eigenvalue weighted by atomic mass is 19.3. The van der Waals surface area contributed by atoms with Crippen LogP contribution in [-0.4, -0.2) is 38.6 Å². The molecule has 1 saturated carbocycles. The molecule has 0 spiro atoms. The summed E-state index contributed by atoms with van der Waals surface area (Å²) in [6, 6.07) is 15.2. The minimum atomic E-state index is -2.78. The molecule has 0 aromatic heterocycles. The maximum absolute atomic E-state index is 12.6. The van der Waals surface area contributed by atoms with Gasteiger partial charge in [-0.1, -0.05) is 77.4 Å². The molecule has 4 N–H and O–H groups in total. The Morgan fingerprint density at radius 3 is 2.09 bits per heavy atom. The third-order valence-electron chi connectivity index (χ3n) is 5.93. The number of hydrazine groups is 1. The average molecular weight is 607 g/mol. The second-order valence-corrected chi connectivity index (χ2v) is 8.89. The number of nitrogens with one attached hydrogen (secondary N) is 4. The maximum atomic E-state index is 12.6. The van der Waals surface area contributed by atoms with Crippen molar-refractivity contribution in [3.63, 3.8) is 0 Å². The van der Waals surface area contributed by atoms with Crippen LogP contribution in [0.5, 0.6) is 0 Å². The summed E-state index contributed by atoms with van der Waals surface area (Å²) in [4.78, 5) is 33.5. The Hall–Kier alpha value is -3.99. The maximum Gasteiger partial charge on any atom is 0.412 e. The first kappa shape index (κ1) is 39.0. The fourth-order valence-corrected chi connectivity index (χ4v) is 3.78. The zero-order chi connectivity index (χ0) is 33.0. The topological polar surface area (TPSA) is 118 Å². The van der Waals surface area contributed by atoms with E-state index in [1.165, 1.54) is 0 Å². The third kappa shape index (κ3) is 13.2. The number of alkyl halides is 2. The Morgan fingerprint density at radius 1 is 1.07 bits per heavy atom. The zero-order valence-electron chi connectivity index (χ0n) is 26.8. The monoisotopic (exact) mass is 606 g/mol. The van der Waals surface area contributed by atoms with Crippen molar-refractivity contribution < 1.29 is 32.6 Å². The van der Waals surface area contributed by atoms with Crippen LogP contribution in [0.1, 0.15) is 83.6 Å². The SMILES string of the molecule is CC.CC.CCC/C(NC(=O)OC(C)c1ccccc1C)=C(\NNC)c1ccc(NC=O)cc1.COC(=O)C1CC1(F)F. The molecule has 11 heteroatoms. The summed E-state index contributed by atoms with van der Waals surface area (Å²) in [5, 5.41) is 5.52. The summed E-state index contributed by atoms with van der Waals surface area (Å²) in [5.41, 5.74) is 11.1. The molecule has 240 valence electrons. The van der Waals surface area contributed by atoms with Crippen LogP contribution in [-0.2, 0) is 19.1 Å². The number of hydrogen-bond donors (Lipinski definition) is 4. The first-order chi connectivity index (χ1) is 20.6. The van der Waals surface area contributed by atoms with Crippen molar-refractivity contribution in [1.29, 1.82) is 0 Å². The molecule has 0 saturated heterocycles. The number of carbonyl (C=O) groups is 3. The summed E-state index contributed by atoms with van der Waals surface area (Å²) in [6.07, 6.45) is 0.884. The summed E-state index contributed by atoms with van der Waals surface area (Å²) in [7, 11) is 2.86. The van der Waals surface area contributed by atoms with E-state index in [-0.39, 0.29) is 12.5 Å². The standard InChI is InChI=1S/C23H30N4O3.C5H6F2O2.2C2H6/c1-5-8-21(22(27-24-4)18-11-13-19(14-12-18)25-15-28)26-23(29)30-17(3)20-10-7-6-9-16(20)2;1-9-4(8)3-2-5(3,6)7;2*1-2/h6-7,9-15,17,24,27H,5,8H2,1-4H3,(H,25,28)(H,26,29);3H,2H2,1H3;2*1-2H3/b22-21+;;;. The van der Waals surface area contributed by atoms with Crippen LogP contribution >= 0.6 is 0 Å². The Balaban J connectivity index is 0.00000113. The summed E-state index contributed by atoms with van der Waals surface area (Å²) < 4.78 is 33.6. The first-order valence-corrected chi connectivity index (χ1v) is 14.5. The van der Waals surface area contributed by atoms with E-state index in [9.17, 15) is 23.2 Å². The molecule has 2 aromatic carbocycles. The largest absolute Gasteiger partial charge is 0.469 e. The lowest BCUT2D eigenvalue weighted by molar-refractivity contribution is -0.144. The quantitative estimate of drug-likeness (QED) is 0.122. The van der Waals surface area contributed by atoms with E-state index in [0.29, 0.717) is 24.2 Å². The molecule has 2 unspecified atom stereocenters. The smallest absolute Gasteiger partial charge is 0.412 e. The second-order valence-electron chi connectivity index (χ2n) is 8.89. The van der Waals surface area contributed by atoms with Crippen molar-refractivity contribution >= 4 is 29.9 Å². The number of alkyl carbamates (subject to hydrolysis) is 1. The van der Waals surface area contributed by atoms with Gasteiger partial charge in [0.1, 0.15) is 12.0 Å². The van der Waals surface area contributed by atoms with E-state index in [0.717, 1.165) is 35.9 Å².